The number of benzene rings is 2. The van der Waals surface area contributed by atoms with Crippen LogP contribution in [0.3, 0.4) is 0 Å². The Morgan fingerprint density at radius 3 is 2.85 bits per heavy atom. The van der Waals surface area contributed by atoms with Crippen molar-refractivity contribution in [1.82, 2.24) is 10.2 Å². The van der Waals surface area contributed by atoms with Crippen molar-refractivity contribution in [3.8, 4) is 0 Å². The van der Waals surface area contributed by atoms with Gasteiger partial charge in [0.15, 0.2) is 0 Å². The Balaban J connectivity index is 2.01. The van der Waals surface area contributed by atoms with Gasteiger partial charge in [-0.2, -0.15) is 0 Å². The van der Waals surface area contributed by atoms with Gasteiger partial charge in [-0.3, -0.25) is 10.1 Å². The van der Waals surface area contributed by atoms with Crippen LogP contribution in [0.5, 0.6) is 0 Å². The number of fused-ring (bicyclic) bond motifs is 3. The van der Waals surface area contributed by atoms with Crippen LogP contribution in [-0.4, -0.2) is 23.9 Å². The van der Waals surface area contributed by atoms with E-state index in [2.05, 4.69) is 5.32 Å². The van der Waals surface area contributed by atoms with Gasteiger partial charge in [0.05, 0.1) is 0 Å². The van der Waals surface area contributed by atoms with Crippen LogP contribution in [0.15, 0.2) is 48.5 Å². The van der Waals surface area contributed by atoms with Crippen LogP contribution in [0.2, 0.25) is 5.02 Å². The summed E-state index contributed by atoms with van der Waals surface area (Å²) >= 11 is 6.14. The van der Waals surface area contributed by atoms with E-state index in [0.29, 0.717) is 11.6 Å². The van der Waals surface area contributed by atoms with Gasteiger partial charge in [0, 0.05) is 29.2 Å². The highest BCUT2D eigenvalue weighted by molar-refractivity contribution is 6.30. The molecule has 4 heteroatoms. The number of hydrogen-bond donors (Lipinski definition) is 1. The lowest BCUT2D eigenvalue weighted by Gasteiger charge is -2.33. The Morgan fingerprint density at radius 2 is 2.00 bits per heavy atom. The number of nitrogens with zero attached hydrogens (tertiary/aromatic N) is 1. The van der Waals surface area contributed by atoms with Crippen LogP contribution in [0.25, 0.3) is 0 Å². The summed E-state index contributed by atoms with van der Waals surface area (Å²) in [6.45, 7) is 1.49. The highest BCUT2D eigenvalue weighted by atomic mass is 35.5. The Labute approximate surface area is 122 Å². The molecule has 0 spiro atoms. The average molecular weight is 285 g/mol. The van der Waals surface area contributed by atoms with Gasteiger partial charge in [-0.1, -0.05) is 41.9 Å². The summed E-state index contributed by atoms with van der Waals surface area (Å²) in [4.78, 5) is 14.5. The molecule has 2 heterocycles. The molecule has 2 aliphatic rings. The number of halogens is 1. The van der Waals surface area contributed by atoms with Gasteiger partial charge in [0.2, 0.25) is 0 Å². The fourth-order valence-electron chi connectivity index (χ4n) is 3.36. The van der Waals surface area contributed by atoms with Gasteiger partial charge >= 0.3 is 0 Å². The van der Waals surface area contributed by atoms with E-state index in [1.165, 1.54) is 0 Å². The molecular formula is C16H13ClN2O. The highest BCUT2D eigenvalue weighted by Gasteiger charge is 2.53. The monoisotopic (exact) mass is 284 g/mol. The molecule has 2 aromatic rings. The molecule has 0 bridgehead atoms. The summed E-state index contributed by atoms with van der Waals surface area (Å²) < 4.78 is 0. The molecule has 1 N–H and O–H groups in total. The van der Waals surface area contributed by atoms with Crippen molar-refractivity contribution in [1.29, 1.82) is 0 Å². The number of carbonyl (C=O) groups excluding carboxylic acids is 1. The maximum Gasteiger partial charge on any atom is 0.256 e. The van der Waals surface area contributed by atoms with Crippen molar-refractivity contribution in [2.45, 2.75) is 5.66 Å². The number of rotatable bonds is 1. The number of carbonyl (C=O) groups is 1. The summed E-state index contributed by atoms with van der Waals surface area (Å²) in [6, 6.07) is 15.5. The van der Waals surface area contributed by atoms with Crippen molar-refractivity contribution in [3.05, 3.63) is 70.2 Å². The van der Waals surface area contributed by atoms with E-state index in [-0.39, 0.29) is 5.91 Å². The van der Waals surface area contributed by atoms with Gasteiger partial charge in [-0.05, 0) is 23.8 Å². The molecule has 20 heavy (non-hydrogen) atoms. The lowest BCUT2D eigenvalue weighted by atomic mass is 9.91. The van der Waals surface area contributed by atoms with Crippen LogP contribution in [0, 0.1) is 0 Å². The maximum atomic E-state index is 12.6. The second kappa shape index (κ2) is 4.08. The Hall–Kier alpha value is -1.84. The van der Waals surface area contributed by atoms with Gasteiger partial charge < -0.3 is 4.90 Å². The predicted octanol–water partition coefficient (Wildman–Crippen LogP) is 2.60. The first-order chi connectivity index (χ1) is 9.73. The van der Waals surface area contributed by atoms with Gasteiger partial charge in [0.25, 0.3) is 5.91 Å². The largest absolute Gasteiger partial charge is 0.311 e. The Bertz CT molecular complexity index is 715. The summed E-state index contributed by atoms with van der Waals surface area (Å²) in [7, 11) is 0. The molecule has 1 amide bonds. The smallest absolute Gasteiger partial charge is 0.256 e. The molecular weight excluding hydrogens is 272 g/mol. The molecule has 4 rings (SSSR count). The first-order valence-corrected chi connectivity index (χ1v) is 7.04. The molecule has 0 radical (unpaired) electrons. The minimum absolute atomic E-state index is 0.0885. The molecule has 0 aliphatic carbocycles. The third-order valence-corrected chi connectivity index (χ3v) is 4.39. The molecule has 3 nitrogen and oxygen atoms in total. The third-order valence-electron chi connectivity index (χ3n) is 4.16. The second-order valence-electron chi connectivity index (χ2n) is 5.15. The number of hydrogen-bond acceptors (Lipinski definition) is 2. The van der Waals surface area contributed by atoms with Crippen molar-refractivity contribution in [2.24, 2.45) is 0 Å². The summed E-state index contributed by atoms with van der Waals surface area (Å²) in [5.41, 5.74) is 2.25. The third kappa shape index (κ3) is 1.37. The molecule has 1 fully saturated rings. The van der Waals surface area contributed by atoms with E-state index in [0.717, 1.165) is 23.2 Å². The van der Waals surface area contributed by atoms with Crippen LogP contribution in [-0.2, 0) is 5.66 Å². The summed E-state index contributed by atoms with van der Waals surface area (Å²) in [5, 5.41) is 4.19. The van der Waals surface area contributed by atoms with Crippen molar-refractivity contribution >= 4 is 17.5 Å². The first-order valence-electron chi connectivity index (χ1n) is 6.66. The Kier molecular flexibility index (Phi) is 2.43. The zero-order chi connectivity index (χ0) is 13.7. The number of nitrogens with one attached hydrogen (secondary N) is 1. The van der Waals surface area contributed by atoms with Gasteiger partial charge in [-0.15, -0.1) is 0 Å². The normalized spacial score (nSPS) is 23.9. The van der Waals surface area contributed by atoms with Gasteiger partial charge in [-0.25, -0.2) is 0 Å². The Morgan fingerprint density at radius 1 is 1.15 bits per heavy atom. The molecule has 2 aromatic carbocycles. The first kappa shape index (κ1) is 11.9. The fraction of sp³-hybridized carbons (Fsp3) is 0.188. The van der Waals surface area contributed by atoms with E-state index in [1.54, 1.807) is 0 Å². The van der Waals surface area contributed by atoms with Crippen molar-refractivity contribution in [3.63, 3.8) is 0 Å². The topological polar surface area (TPSA) is 32.3 Å². The highest BCUT2D eigenvalue weighted by Crippen LogP contribution is 2.44. The van der Waals surface area contributed by atoms with Crippen molar-refractivity contribution < 1.29 is 4.79 Å². The minimum atomic E-state index is -0.557. The maximum absolute atomic E-state index is 12.6. The second-order valence-corrected chi connectivity index (χ2v) is 5.59. The lowest BCUT2D eigenvalue weighted by molar-refractivity contribution is 0.0694. The SMILES string of the molecule is O=C1c2ccccc2[C@]2(c3cccc(Cl)c3)NCCN12. The summed E-state index contributed by atoms with van der Waals surface area (Å²) in [5.74, 6) is 0.0885. The van der Waals surface area contributed by atoms with E-state index < -0.39 is 5.66 Å². The molecule has 0 unspecified atom stereocenters. The molecule has 0 saturated carbocycles. The molecule has 2 aliphatic heterocycles. The van der Waals surface area contributed by atoms with Crippen molar-refractivity contribution in [2.75, 3.05) is 13.1 Å². The van der Waals surface area contributed by atoms with Crippen LogP contribution in [0.4, 0.5) is 0 Å². The zero-order valence-corrected chi connectivity index (χ0v) is 11.5. The summed E-state index contributed by atoms with van der Waals surface area (Å²) in [6.07, 6.45) is 0. The van der Waals surface area contributed by atoms with Crippen LogP contribution >= 0.6 is 11.6 Å². The van der Waals surface area contributed by atoms with Crippen LogP contribution in [0.1, 0.15) is 21.5 Å². The van der Waals surface area contributed by atoms with E-state index in [1.807, 2.05) is 53.4 Å². The van der Waals surface area contributed by atoms with Crippen LogP contribution < -0.4 is 5.32 Å². The zero-order valence-electron chi connectivity index (χ0n) is 10.8. The van der Waals surface area contributed by atoms with E-state index in [9.17, 15) is 4.79 Å². The molecule has 1 saturated heterocycles. The average Bonchev–Trinajstić information content (AvgIpc) is 3.00. The lowest BCUT2D eigenvalue weighted by Crippen LogP contribution is -2.46. The predicted molar refractivity (Wildman–Crippen MR) is 77.7 cm³/mol. The minimum Gasteiger partial charge on any atom is -0.311 e. The molecule has 0 aromatic heterocycles. The standard InChI is InChI=1S/C16H13ClN2O/c17-12-5-3-4-11(10-12)16-14-7-2-1-6-13(14)15(20)19(16)9-8-18-16/h1-7,10,18H,8-9H2/t16-/m1/s1. The van der Waals surface area contributed by atoms with E-state index >= 15 is 0 Å². The molecule has 100 valence electrons. The van der Waals surface area contributed by atoms with Gasteiger partial charge in [0.1, 0.15) is 5.66 Å². The quantitative estimate of drug-likeness (QED) is 0.873. The van der Waals surface area contributed by atoms with E-state index in [4.69, 9.17) is 11.6 Å². The fourth-order valence-corrected chi connectivity index (χ4v) is 3.55. The number of amides is 1. The molecule has 1 atom stereocenters.